The van der Waals surface area contributed by atoms with E-state index in [4.69, 9.17) is 0 Å². The van der Waals surface area contributed by atoms with Crippen molar-refractivity contribution in [1.29, 1.82) is 0 Å². The van der Waals surface area contributed by atoms with Crippen molar-refractivity contribution in [3.05, 3.63) is 45.3 Å². The number of nitrogens with zero attached hydrogens (tertiary/aromatic N) is 1. The molecule has 0 aliphatic heterocycles. The predicted octanol–water partition coefficient (Wildman–Crippen LogP) is 2.66. The van der Waals surface area contributed by atoms with Crippen molar-refractivity contribution < 1.29 is 22.5 Å². The Labute approximate surface area is 87.8 Å². The zero-order valence-electron chi connectivity index (χ0n) is 7.92. The van der Waals surface area contributed by atoms with Crippen LogP contribution in [0.2, 0.25) is 0 Å². The Kier molecular flexibility index (Phi) is 3.46. The first-order valence-electron chi connectivity index (χ1n) is 4.28. The minimum atomic E-state index is -4.61. The van der Waals surface area contributed by atoms with Gasteiger partial charge in [-0.1, -0.05) is 6.07 Å². The van der Waals surface area contributed by atoms with E-state index in [0.29, 0.717) is 12.1 Å². The van der Waals surface area contributed by atoms with E-state index in [1.807, 2.05) is 0 Å². The third-order valence-corrected chi connectivity index (χ3v) is 1.94. The molecule has 0 unspecified atom stereocenters. The highest BCUT2D eigenvalue weighted by atomic mass is 19.4. The van der Waals surface area contributed by atoms with Gasteiger partial charge in [0.15, 0.2) is 0 Å². The lowest BCUT2D eigenvalue weighted by molar-refractivity contribution is -0.479. The smallest absolute Gasteiger partial charge is 0.265 e. The van der Waals surface area contributed by atoms with Gasteiger partial charge in [-0.15, -0.1) is 0 Å². The molecule has 0 aromatic heterocycles. The summed E-state index contributed by atoms with van der Waals surface area (Å²) in [4.78, 5) is 9.36. The Balaban J connectivity index is 2.88. The van der Waals surface area contributed by atoms with Gasteiger partial charge in [-0.2, -0.15) is 13.2 Å². The Hall–Kier alpha value is -1.66. The van der Waals surface area contributed by atoms with Crippen LogP contribution in [0.15, 0.2) is 18.2 Å². The summed E-state index contributed by atoms with van der Waals surface area (Å²) < 4.78 is 49.5. The molecule has 0 saturated heterocycles. The topological polar surface area (TPSA) is 43.1 Å². The maximum Gasteiger partial charge on any atom is 0.416 e. The van der Waals surface area contributed by atoms with E-state index < -0.39 is 29.0 Å². The second-order valence-corrected chi connectivity index (χ2v) is 3.11. The Morgan fingerprint density at radius 1 is 1.31 bits per heavy atom. The van der Waals surface area contributed by atoms with E-state index in [0.717, 1.165) is 6.07 Å². The lowest BCUT2D eigenvalue weighted by Crippen LogP contribution is -2.09. The number of benzene rings is 1. The molecule has 1 aromatic carbocycles. The molecule has 7 heteroatoms. The third-order valence-electron chi connectivity index (χ3n) is 1.94. The molecule has 1 rings (SSSR count). The van der Waals surface area contributed by atoms with Gasteiger partial charge in [0.2, 0.25) is 6.54 Å². The number of nitro groups is 1. The van der Waals surface area contributed by atoms with Crippen molar-refractivity contribution in [3.8, 4) is 0 Å². The summed E-state index contributed by atoms with van der Waals surface area (Å²) in [7, 11) is 0. The lowest BCUT2D eigenvalue weighted by atomic mass is 10.1. The van der Waals surface area contributed by atoms with Gasteiger partial charge in [0, 0.05) is 11.3 Å². The van der Waals surface area contributed by atoms with Crippen molar-refractivity contribution in [1.82, 2.24) is 0 Å². The Bertz CT molecular complexity index is 403. The van der Waals surface area contributed by atoms with Gasteiger partial charge in [-0.05, 0) is 17.7 Å². The SMILES string of the molecule is O=[N+]([O-])CCc1ccc(C(F)(F)F)cc1F. The molecule has 0 atom stereocenters. The second kappa shape index (κ2) is 4.46. The summed E-state index contributed by atoms with van der Waals surface area (Å²) in [6.45, 7) is -0.512. The largest absolute Gasteiger partial charge is 0.416 e. The molecule has 0 heterocycles. The zero-order valence-corrected chi connectivity index (χ0v) is 7.92. The van der Waals surface area contributed by atoms with Gasteiger partial charge in [0.1, 0.15) is 5.82 Å². The second-order valence-electron chi connectivity index (χ2n) is 3.11. The average molecular weight is 237 g/mol. The normalized spacial score (nSPS) is 11.5. The van der Waals surface area contributed by atoms with Gasteiger partial charge in [-0.3, -0.25) is 10.1 Å². The monoisotopic (exact) mass is 237 g/mol. The summed E-state index contributed by atoms with van der Waals surface area (Å²) in [6.07, 6.45) is -4.83. The van der Waals surface area contributed by atoms with Crippen LogP contribution in [0.3, 0.4) is 0 Å². The third kappa shape index (κ3) is 3.18. The number of alkyl halides is 3. The molecular weight excluding hydrogens is 230 g/mol. The fourth-order valence-corrected chi connectivity index (χ4v) is 1.14. The van der Waals surface area contributed by atoms with Gasteiger partial charge in [0.05, 0.1) is 5.56 Å². The van der Waals surface area contributed by atoms with E-state index in [9.17, 15) is 27.7 Å². The Morgan fingerprint density at radius 2 is 1.94 bits per heavy atom. The van der Waals surface area contributed by atoms with Gasteiger partial charge in [-0.25, -0.2) is 4.39 Å². The first-order chi connectivity index (χ1) is 7.30. The van der Waals surface area contributed by atoms with Gasteiger partial charge >= 0.3 is 6.18 Å². The van der Waals surface area contributed by atoms with Crippen LogP contribution in [0.4, 0.5) is 17.6 Å². The molecular formula is C9H7F4NO2. The quantitative estimate of drug-likeness (QED) is 0.460. The highest BCUT2D eigenvalue weighted by molar-refractivity contribution is 5.26. The Morgan fingerprint density at radius 3 is 2.38 bits per heavy atom. The van der Waals surface area contributed by atoms with Crippen LogP contribution < -0.4 is 0 Å². The van der Waals surface area contributed by atoms with Crippen LogP contribution in [0.5, 0.6) is 0 Å². The molecule has 0 aliphatic rings. The highest BCUT2D eigenvalue weighted by Gasteiger charge is 2.31. The van der Waals surface area contributed by atoms with E-state index in [2.05, 4.69) is 0 Å². The number of halogens is 4. The molecule has 1 aromatic rings. The molecule has 0 aliphatic carbocycles. The predicted molar refractivity (Wildman–Crippen MR) is 47.0 cm³/mol. The molecule has 3 nitrogen and oxygen atoms in total. The minimum absolute atomic E-state index is 0.0929. The molecule has 0 spiro atoms. The standard InChI is InChI=1S/C9H7F4NO2/c10-8-5-7(9(11,12)13)2-1-6(8)3-4-14(15)16/h1-2,5H,3-4H2. The molecule has 16 heavy (non-hydrogen) atoms. The maximum atomic E-state index is 13.1. The molecule has 0 N–H and O–H groups in total. The van der Waals surface area contributed by atoms with E-state index in [-0.39, 0.29) is 12.0 Å². The highest BCUT2D eigenvalue weighted by Crippen LogP contribution is 2.30. The van der Waals surface area contributed by atoms with Gasteiger partial charge in [0.25, 0.3) is 0 Å². The summed E-state index contributed by atoms with van der Waals surface area (Å²) in [6, 6.07) is 1.97. The fourth-order valence-electron chi connectivity index (χ4n) is 1.14. The summed E-state index contributed by atoms with van der Waals surface area (Å²) in [5.74, 6) is -1.07. The van der Waals surface area contributed by atoms with Crippen molar-refractivity contribution in [2.24, 2.45) is 0 Å². The number of rotatable bonds is 3. The summed E-state index contributed by atoms with van der Waals surface area (Å²) in [5.41, 5.74) is -1.19. The lowest BCUT2D eigenvalue weighted by Gasteiger charge is -2.08. The van der Waals surface area contributed by atoms with Crippen LogP contribution in [-0.4, -0.2) is 11.5 Å². The molecule has 0 amide bonds. The molecule has 0 radical (unpaired) electrons. The van der Waals surface area contributed by atoms with Crippen LogP contribution in [0.1, 0.15) is 11.1 Å². The van der Waals surface area contributed by atoms with Crippen molar-refractivity contribution in [2.75, 3.05) is 6.54 Å². The van der Waals surface area contributed by atoms with Crippen LogP contribution in [-0.2, 0) is 12.6 Å². The minimum Gasteiger partial charge on any atom is -0.265 e. The van der Waals surface area contributed by atoms with Gasteiger partial charge < -0.3 is 0 Å². The zero-order chi connectivity index (χ0) is 12.3. The van der Waals surface area contributed by atoms with Crippen LogP contribution in [0, 0.1) is 15.9 Å². The van der Waals surface area contributed by atoms with Crippen molar-refractivity contribution in [2.45, 2.75) is 12.6 Å². The molecule has 0 fully saturated rings. The van der Waals surface area contributed by atoms with Crippen molar-refractivity contribution in [3.63, 3.8) is 0 Å². The average Bonchev–Trinajstić information content (AvgIpc) is 2.14. The fraction of sp³-hybridized carbons (Fsp3) is 0.333. The molecule has 0 saturated carbocycles. The van der Waals surface area contributed by atoms with Crippen molar-refractivity contribution >= 4 is 0 Å². The van der Waals surface area contributed by atoms with Crippen LogP contribution in [0.25, 0.3) is 0 Å². The first-order valence-corrected chi connectivity index (χ1v) is 4.28. The van der Waals surface area contributed by atoms with Crippen LogP contribution >= 0.6 is 0 Å². The number of hydrogen-bond donors (Lipinski definition) is 0. The van der Waals surface area contributed by atoms with E-state index in [1.165, 1.54) is 0 Å². The molecule has 88 valence electrons. The molecule has 0 bridgehead atoms. The maximum absolute atomic E-state index is 13.1. The van der Waals surface area contributed by atoms with E-state index >= 15 is 0 Å². The van der Waals surface area contributed by atoms with E-state index in [1.54, 1.807) is 0 Å². The summed E-state index contributed by atoms with van der Waals surface area (Å²) in [5, 5.41) is 10.0. The number of hydrogen-bond acceptors (Lipinski definition) is 2. The summed E-state index contributed by atoms with van der Waals surface area (Å²) >= 11 is 0. The first kappa shape index (κ1) is 12.4.